The lowest BCUT2D eigenvalue weighted by molar-refractivity contribution is 0.0841. The van der Waals surface area contributed by atoms with Crippen LogP contribution in [0.15, 0.2) is 18.2 Å². The van der Waals surface area contributed by atoms with Gasteiger partial charge in [0.1, 0.15) is 5.75 Å². The molecular weight excluding hydrogens is 248 g/mol. The SMILES string of the molecule is CCc1cccc([C@@H](N2CCNCC2)C(C)(C)C)c1O. The van der Waals surface area contributed by atoms with Gasteiger partial charge in [0.2, 0.25) is 0 Å². The van der Waals surface area contributed by atoms with Crippen molar-refractivity contribution in [1.29, 1.82) is 0 Å². The first-order valence-corrected chi connectivity index (χ1v) is 7.70. The number of nitrogens with one attached hydrogen (secondary N) is 1. The molecule has 1 fully saturated rings. The maximum atomic E-state index is 10.6. The van der Waals surface area contributed by atoms with Gasteiger partial charge in [0, 0.05) is 37.8 Å². The van der Waals surface area contributed by atoms with Crippen LogP contribution in [0.3, 0.4) is 0 Å². The van der Waals surface area contributed by atoms with E-state index in [4.69, 9.17) is 0 Å². The Balaban J connectivity index is 2.41. The van der Waals surface area contributed by atoms with Gasteiger partial charge in [0.15, 0.2) is 0 Å². The fourth-order valence-corrected chi connectivity index (χ4v) is 3.27. The van der Waals surface area contributed by atoms with Crippen molar-refractivity contribution in [3.63, 3.8) is 0 Å². The molecule has 2 rings (SSSR count). The van der Waals surface area contributed by atoms with E-state index in [1.165, 1.54) is 0 Å². The van der Waals surface area contributed by atoms with Crippen molar-refractivity contribution < 1.29 is 5.11 Å². The standard InChI is InChI=1S/C17H28N2O/c1-5-13-7-6-8-14(15(13)20)16(17(2,3)4)19-11-9-18-10-12-19/h6-8,16,18,20H,5,9-12H2,1-4H3/t16-/m1/s1. The molecule has 0 amide bonds. The summed E-state index contributed by atoms with van der Waals surface area (Å²) in [6.07, 6.45) is 0.873. The van der Waals surface area contributed by atoms with Crippen LogP contribution in [0, 0.1) is 5.41 Å². The minimum Gasteiger partial charge on any atom is -0.507 e. The summed E-state index contributed by atoms with van der Waals surface area (Å²) >= 11 is 0. The Morgan fingerprint density at radius 3 is 2.45 bits per heavy atom. The maximum absolute atomic E-state index is 10.6. The number of aromatic hydroxyl groups is 1. The number of phenols is 1. The summed E-state index contributed by atoms with van der Waals surface area (Å²) in [6.45, 7) is 13.0. The third-order valence-electron chi connectivity index (χ3n) is 4.16. The third-order valence-corrected chi connectivity index (χ3v) is 4.16. The van der Waals surface area contributed by atoms with Crippen molar-refractivity contribution in [2.75, 3.05) is 26.2 Å². The first-order valence-electron chi connectivity index (χ1n) is 7.70. The molecule has 1 aromatic rings. The molecule has 1 aliphatic heterocycles. The van der Waals surface area contributed by atoms with E-state index in [1.54, 1.807) is 0 Å². The monoisotopic (exact) mass is 276 g/mol. The molecule has 112 valence electrons. The van der Waals surface area contributed by atoms with E-state index >= 15 is 0 Å². The van der Waals surface area contributed by atoms with Gasteiger partial charge in [0.05, 0.1) is 0 Å². The Hall–Kier alpha value is -1.06. The zero-order valence-corrected chi connectivity index (χ0v) is 13.2. The summed E-state index contributed by atoms with van der Waals surface area (Å²) in [7, 11) is 0. The van der Waals surface area contributed by atoms with Crippen LogP contribution in [0.5, 0.6) is 5.75 Å². The van der Waals surface area contributed by atoms with E-state index in [9.17, 15) is 5.11 Å². The van der Waals surface area contributed by atoms with Crippen molar-refractivity contribution in [3.05, 3.63) is 29.3 Å². The average Bonchev–Trinajstić information content (AvgIpc) is 2.41. The highest BCUT2D eigenvalue weighted by Gasteiger charge is 2.34. The van der Waals surface area contributed by atoms with Crippen molar-refractivity contribution in [1.82, 2.24) is 10.2 Å². The van der Waals surface area contributed by atoms with E-state index in [0.717, 1.165) is 43.7 Å². The van der Waals surface area contributed by atoms with Gasteiger partial charge in [-0.05, 0) is 17.4 Å². The smallest absolute Gasteiger partial charge is 0.123 e. The Morgan fingerprint density at radius 1 is 1.25 bits per heavy atom. The van der Waals surface area contributed by atoms with Crippen molar-refractivity contribution >= 4 is 0 Å². The second-order valence-corrected chi connectivity index (χ2v) is 6.76. The van der Waals surface area contributed by atoms with Crippen LogP contribution in [0.4, 0.5) is 0 Å². The molecule has 0 unspecified atom stereocenters. The predicted octanol–water partition coefficient (Wildman–Crippen LogP) is 2.95. The summed E-state index contributed by atoms with van der Waals surface area (Å²) < 4.78 is 0. The highest BCUT2D eigenvalue weighted by molar-refractivity contribution is 5.43. The molecule has 2 N–H and O–H groups in total. The molecule has 0 aliphatic carbocycles. The zero-order valence-electron chi connectivity index (χ0n) is 13.2. The largest absolute Gasteiger partial charge is 0.507 e. The Bertz CT molecular complexity index is 445. The number of phenolic OH excluding ortho intramolecular Hbond substituents is 1. The molecule has 1 atom stereocenters. The molecule has 1 saturated heterocycles. The summed E-state index contributed by atoms with van der Waals surface area (Å²) in [5.74, 6) is 0.494. The Kier molecular flexibility index (Phi) is 4.71. The number of aryl methyl sites for hydroxylation is 1. The topological polar surface area (TPSA) is 35.5 Å². The summed E-state index contributed by atoms with van der Waals surface area (Å²) in [5.41, 5.74) is 2.23. The number of piperazine rings is 1. The van der Waals surface area contributed by atoms with Gasteiger partial charge in [-0.1, -0.05) is 45.9 Å². The number of benzene rings is 1. The van der Waals surface area contributed by atoms with Gasteiger partial charge < -0.3 is 10.4 Å². The van der Waals surface area contributed by atoms with E-state index in [0.29, 0.717) is 5.75 Å². The fourth-order valence-electron chi connectivity index (χ4n) is 3.27. The molecule has 0 aromatic heterocycles. The number of hydrogen-bond donors (Lipinski definition) is 2. The van der Waals surface area contributed by atoms with Crippen molar-refractivity contribution in [2.24, 2.45) is 5.41 Å². The quantitative estimate of drug-likeness (QED) is 0.891. The zero-order chi connectivity index (χ0) is 14.8. The molecule has 0 spiro atoms. The average molecular weight is 276 g/mol. The number of hydrogen-bond acceptors (Lipinski definition) is 3. The lowest BCUT2D eigenvalue weighted by Crippen LogP contribution is -2.48. The van der Waals surface area contributed by atoms with Gasteiger partial charge >= 0.3 is 0 Å². The lowest BCUT2D eigenvalue weighted by Gasteiger charge is -2.43. The second kappa shape index (κ2) is 6.15. The fraction of sp³-hybridized carbons (Fsp3) is 0.647. The van der Waals surface area contributed by atoms with Crippen LogP contribution in [0.25, 0.3) is 0 Å². The molecule has 1 heterocycles. The second-order valence-electron chi connectivity index (χ2n) is 6.76. The number of nitrogens with zero attached hydrogens (tertiary/aromatic N) is 1. The summed E-state index contributed by atoms with van der Waals surface area (Å²) in [6, 6.07) is 6.45. The van der Waals surface area contributed by atoms with E-state index < -0.39 is 0 Å². The molecule has 3 heteroatoms. The minimum absolute atomic E-state index is 0.0984. The van der Waals surface area contributed by atoms with E-state index in [1.807, 2.05) is 6.07 Å². The molecule has 20 heavy (non-hydrogen) atoms. The molecule has 0 bridgehead atoms. The van der Waals surface area contributed by atoms with Gasteiger partial charge in [-0.3, -0.25) is 4.90 Å². The number of rotatable bonds is 3. The van der Waals surface area contributed by atoms with Gasteiger partial charge in [-0.15, -0.1) is 0 Å². The molecule has 1 aliphatic rings. The normalized spacial score (nSPS) is 19.0. The highest BCUT2D eigenvalue weighted by Crippen LogP contribution is 2.42. The Labute approximate surface area is 123 Å². The number of para-hydroxylation sites is 1. The van der Waals surface area contributed by atoms with Crippen molar-refractivity contribution in [2.45, 2.75) is 40.2 Å². The van der Waals surface area contributed by atoms with Crippen molar-refractivity contribution in [3.8, 4) is 5.75 Å². The molecule has 0 radical (unpaired) electrons. The molecule has 1 aromatic carbocycles. The van der Waals surface area contributed by atoms with Crippen LogP contribution in [-0.4, -0.2) is 36.2 Å². The first-order chi connectivity index (χ1) is 9.45. The van der Waals surface area contributed by atoms with Gasteiger partial charge in [0.25, 0.3) is 0 Å². The predicted molar refractivity (Wildman–Crippen MR) is 84.1 cm³/mol. The summed E-state index contributed by atoms with van der Waals surface area (Å²) in [5, 5.41) is 14.0. The molecule has 0 saturated carbocycles. The van der Waals surface area contributed by atoms with Crippen LogP contribution < -0.4 is 5.32 Å². The molecular formula is C17H28N2O. The van der Waals surface area contributed by atoms with Gasteiger partial charge in [-0.2, -0.15) is 0 Å². The third kappa shape index (κ3) is 3.15. The van der Waals surface area contributed by atoms with Crippen LogP contribution in [-0.2, 0) is 6.42 Å². The van der Waals surface area contributed by atoms with E-state index in [2.05, 4.69) is 50.0 Å². The van der Waals surface area contributed by atoms with E-state index in [-0.39, 0.29) is 11.5 Å². The maximum Gasteiger partial charge on any atom is 0.123 e. The molecule has 3 nitrogen and oxygen atoms in total. The van der Waals surface area contributed by atoms with Gasteiger partial charge in [-0.25, -0.2) is 0 Å². The summed E-state index contributed by atoms with van der Waals surface area (Å²) in [4.78, 5) is 2.50. The van der Waals surface area contributed by atoms with Crippen LogP contribution in [0.2, 0.25) is 0 Å². The minimum atomic E-state index is 0.0984. The lowest BCUT2D eigenvalue weighted by atomic mass is 9.80. The van der Waals surface area contributed by atoms with Crippen LogP contribution in [0.1, 0.15) is 44.9 Å². The highest BCUT2D eigenvalue weighted by atomic mass is 16.3. The first kappa shape index (κ1) is 15.3. The van der Waals surface area contributed by atoms with Crippen LogP contribution >= 0.6 is 0 Å². The Morgan fingerprint density at radius 2 is 1.90 bits per heavy atom.